The van der Waals surface area contributed by atoms with Gasteiger partial charge in [0, 0.05) is 13.7 Å². The zero-order valence-electron chi connectivity index (χ0n) is 11.9. The van der Waals surface area contributed by atoms with Gasteiger partial charge < -0.3 is 20.2 Å². The number of nitrogens with two attached hydrogens (primary N) is 1. The molecule has 108 valence electrons. The zero-order chi connectivity index (χ0) is 14.3. The van der Waals surface area contributed by atoms with E-state index in [0.717, 1.165) is 17.9 Å². The highest BCUT2D eigenvalue weighted by molar-refractivity contribution is 5.81. The van der Waals surface area contributed by atoms with Crippen LogP contribution in [0.5, 0.6) is 0 Å². The van der Waals surface area contributed by atoms with Crippen molar-refractivity contribution >= 4 is 5.91 Å². The first-order chi connectivity index (χ1) is 9.08. The Kier molecular flexibility index (Phi) is 6.59. The van der Waals surface area contributed by atoms with E-state index in [2.05, 4.69) is 5.32 Å². The molecule has 1 aromatic rings. The molecule has 0 spiro atoms. The molecule has 19 heavy (non-hydrogen) atoms. The number of rotatable bonds is 8. The van der Waals surface area contributed by atoms with Crippen molar-refractivity contribution in [1.29, 1.82) is 0 Å². The van der Waals surface area contributed by atoms with E-state index in [1.165, 1.54) is 0 Å². The molecule has 2 atom stereocenters. The van der Waals surface area contributed by atoms with Gasteiger partial charge in [-0.1, -0.05) is 13.3 Å². The summed E-state index contributed by atoms with van der Waals surface area (Å²) < 4.78 is 10.6. The van der Waals surface area contributed by atoms with Crippen molar-refractivity contribution in [3.05, 3.63) is 23.7 Å². The molecule has 5 heteroatoms. The molecule has 0 radical (unpaired) electrons. The molecule has 0 fully saturated rings. The third-order valence-electron chi connectivity index (χ3n) is 2.97. The predicted octanol–water partition coefficient (Wildman–Crippen LogP) is 1.91. The van der Waals surface area contributed by atoms with Crippen LogP contribution in [0.1, 0.15) is 43.7 Å². The van der Waals surface area contributed by atoms with Gasteiger partial charge in [-0.05, 0) is 31.9 Å². The summed E-state index contributed by atoms with van der Waals surface area (Å²) in [5.74, 6) is 1.42. The molecule has 1 rings (SSSR count). The van der Waals surface area contributed by atoms with Gasteiger partial charge in [0.25, 0.3) is 0 Å². The van der Waals surface area contributed by atoms with Gasteiger partial charge in [-0.25, -0.2) is 0 Å². The molecule has 1 amide bonds. The summed E-state index contributed by atoms with van der Waals surface area (Å²) in [5.41, 5.74) is 5.81. The van der Waals surface area contributed by atoms with Crippen molar-refractivity contribution in [2.45, 2.75) is 45.2 Å². The molecule has 5 nitrogen and oxygen atoms in total. The normalized spacial score (nSPS) is 14.1. The van der Waals surface area contributed by atoms with E-state index in [4.69, 9.17) is 14.9 Å². The van der Waals surface area contributed by atoms with Crippen molar-refractivity contribution in [3.8, 4) is 0 Å². The standard InChI is InChI=1S/C14H24N2O3/c1-4-5-11(15)14(17)16-12(8-9-18-3)13-7-6-10(2)19-13/h6-7,11-12H,4-5,8-9,15H2,1-3H3,(H,16,17). The van der Waals surface area contributed by atoms with Gasteiger partial charge in [0.05, 0.1) is 12.1 Å². The number of hydrogen-bond donors (Lipinski definition) is 2. The minimum absolute atomic E-state index is 0.142. The summed E-state index contributed by atoms with van der Waals surface area (Å²) in [5, 5.41) is 2.93. The van der Waals surface area contributed by atoms with Gasteiger partial charge in [0.2, 0.25) is 5.91 Å². The Morgan fingerprint density at radius 3 is 2.74 bits per heavy atom. The predicted molar refractivity (Wildman–Crippen MR) is 73.7 cm³/mol. The molecular weight excluding hydrogens is 244 g/mol. The molecular formula is C14H24N2O3. The van der Waals surface area contributed by atoms with Crippen LogP contribution >= 0.6 is 0 Å². The molecule has 0 aliphatic heterocycles. The average Bonchev–Trinajstić information content (AvgIpc) is 2.81. The van der Waals surface area contributed by atoms with Crippen LogP contribution in [0, 0.1) is 6.92 Å². The minimum Gasteiger partial charge on any atom is -0.464 e. The van der Waals surface area contributed by atoms with Crippen LogP contribution in [0.15, 0.2) is 16.5 Å². The smallest absolute Gasteiger partial charge is 0.237 e. The van der Waals surface area contributed by atoms with Crippen molar-refractivity contribution < 1.29 is 13.9 Å². The summed E-state index contributed by atoms with van der Waals surface area (Å²) in [6.45, 7) is 4.43. The molecule has 0 aliphatic rings. The first-order valence-corrected chi connectivity index (χ1v) is 6.69. The third-order valence-corrected chi connectivity index (χ3v) is 2.97. The maximum atomic E-state index is 12.0. The van der Waals surface area contributed by atoms with Gasteiger partial charge in [-0.3, -0.25) is 4.79 Å². The van der Waals surface area contributed by atoms with E-state index in [1.54, 1.807) is 7.11 Å². The first kappa shape index (κ1) is 15.7. The van der Waals surface area contributed by atoms with Gasteiger partial charge in [-0.2, -0.15) is 0 Å². The molecule has 1 aromatic heterocycles. The second kappa shape index (κ2) is 7.96. The Hall–Kier alpha value is -1.33. The lowest BCUT2D eigenvalue weighted by atomic mass is 10.1. The number of methoxy groups -OCH3 is 1. The van der Waals surface area contributed by atoms with Crippen LogP contribution < -0.4 is 11.1 Å². The maximum absolute atomic E-state index is 12.0. The van der Waals surface area contributed by atoms with Crippen molar-refractivity contribution in [3.63, 3.8) is 0 Å². The van der Waals surface area contributed by atoms with Crippen molar-refractivity contribution in [2.75, 3.05) is 13.7 Å². The molecule has 0 aromatic carbocycles. The van der Waals surface area contributed by atoms with E-state index >= 15 is 0 Å². The third kappa shape index (κ3) is 5.04. The van der Waals surface area contributed by atoms with Gasteiger partial charge in [0.1, 0.15) is 11.5 Å². The monoisotopic (exact) mass is 268 g/mol. The zero-order valence-corrected chi connectivity index (χ0v) is 11.9. The van der Waals surface area contributed by atoms with E-state index in [1.807, 2.05) is 26.0 Å². The van der Waals surface area contributed by atoms with Gasteiger partial charge >= 0.3 is 0 Å². The summed E-state index contributed by atoms with van der Waals surface area (Å²) >= 11 is 0. The second-order valence-electron chi connectivity index (χ2n) is 4.69. The van der Waals surface area contributed by atoms with Gasteiger partial charge in [0.15, 0.2) is 0 Å². The van der Waals surface area contributed by atoms with Crippen LogP contribution in [0.25, 0.3) is 0 Å². The van der Waals surface area contributed by atoms with Crippen LogP contribution in [0.4, 0.5) is 0 Å². The molecule has 0 bridgehead atoms. The summed E-state index contributed by atoms with van der Waals surface area (Å²) in [6.07, 6.45) is 2.23. The minimum atomic E-state index is -0.467. The molecule has 2 unspecified atom stereocenters. The Morgan fingerprint density at radius 2 is 2.21 bits per heavy atom. The van der Waals surface area contributed by atoms with E-state index in [9.17, 15) is 4.79 Å². The number of carbonyl (C=O) groups is 1. The van der Waals surface area contributed by atoms with Crippen LogP contribution in [0.3, 0.4) is 0 Å². The molecule has 0 aliphatic carbocycles. The van der Waals surface area contributed by atoms with Crippen LogP contribution in [0.2, 0.25) is 0 Å². The lowest BCUT2D eigenvalue weighted by Gasteiger charge is -2.19. The maximum Gasteiger partial charge on any atom is 0.237 e. The number of aryl methyl sites for hydroxylation is 1. The van der Waals surface area contributed by atoms with E-state index in [0.29, 0.717) is 19.4 Å². The summed E-state index contributed by atoms with van der Waals surface area (Å²) in [6, 6.07) is 3.10. The molecule has 3 N–H and O–H groups in total. The summed E-state index contributed by atoms with van der Waals surface area (Å²) in [7, 11) is 1.63. The van der Waals surface area contributed by atoms with E-state index in [-0.39, 0.29) is 11.9 Å². The largest absolute Gasteiger partial charge is 0.464 e. The molecule has 1 heterocycles. The lowest BCUT2D eigenvalue weighted by Crippen LogP contribution is -2.42. The first-order valence-electron chi connectivity index (χ1n) is 6.69. The molecule has 0 saturated carbocycles. The number of amides is 1. The fraction of sp³-hybridized carbons (Fsp3) is 0.643. The highest BCUT2D eigenvalue weighted by atomic mass is 16.5. The molecule has 0 saturated heterocycles. The topological polar surface area (TPSA) is 77.5 Å². The van der Waals surface area contributed by atoms with E-state index < -0.39 is 6.04 Å². The van der Waals surface area contributed by atoms with Crippen LogP contribution in [-0.2, 0) is 9.53 Å². The fourth-order valence-corrected chi connectivity index (χ4v) is 1.88. The second-order valence-corrected chi connectivity index (χ2v) is 4.69. The SMILES string of the molecule is CCCC(N)C(=O)NC(CCOC)c1ccc(C)o1. The lowest BCUT2D eigenvalue weighted by molar-refractivity contribution is -0.123. The Labute approximate surface area is 114 Å². The Balaban J connectivity index is 2.66. The Bertz CT molecular complexity index is 390. The van der Waals surface area contributed by atoms with Crippen molar-refractivity contribution in [2.24, 2.45) is 5.73 Å². The number of nitrogens with one attached hydrogen (secondary N) is 1. The Morgan fingerprint density at radius 1 is 1.47 bits per heavy atom. The highest BCUT2D eigenvalue weighted by Crippen LogP contribution is 2.19. The fourth-order valence-electron chi connectivity index (χ4n) is 1.88. The number of furan rings is 1. The summed E-state index contributed by atoms with van der Waals surface area (Å²) in [4.78, 5) is 12.0. The average molecular weight is 268 g/mol. The van der Waals surface area contributed by atoms with Crippen LogP contribution in [-0.4, -0.2) is 25.7 Å². The number of hydrogen-bond acceptors (Lipinski definition) is 4. The number of carbonyl (C=O) groups excluding carboxylic acids is 1. The van der Waals surface area contributed by atoms with Gasteiger partial charge in [-0.15, -0.1) is 0 Å². The highest BCUT2D eigenvalue weighted by Gasteiger charge is 2.20. The van der Waals surface area contributed by atoms with Crippen molar-refractivity contribution in [1.82, 2.24) is 5.32 Å². The number of ether oxygens (including phenoxy) is 1. The quantitative estimate of drug-likeness (QED) is 0.755.